The van der Waals surface area contributed by atoms with Crippen molar-refractivity contribution in [2.45, 2.75) is 24.9 Å². The van der Waals surface area contributed by atoms with Crippen molar-refractivity contribution >= 4 is 21.1 Å². The van der Waals surface area contributed by atoms with Crippen LogP contribution in [0.1, 0.15) is 12.6 Å². The quantitative estimate of drug-likeness (QED) is 0.478. The second-order valence-electron chi connectivity index (χ2n) is 6.71. The van der Waals surface area contributed by atoms with E-state index in [1.165, 1.54) is 37.1 Å². The average Bonchev–Trinajstić information content (AvgIpc) is 3.42. The molecule has 0 fully saturated rings. The molecule has 9 nitrogen and oxygen atoms in total. The van der Waals surface area contributed by atoms with Gasteiger partial charge >= 0.3 is 5.69 Å². The fourth-order valence-electron chi connectivity index (χ4n) is 3.21. The van der Waals surface area contributed by atoms with Crippen LogP contribution in [0, 0.1) is 0 Å². The van der Waals surface area contributed by atoms with Gasteiger partial charge in [0.15, 0.2) is 5.76 Å². The summed E-state index contributed by atoms with van der Waals surface area (Å²) in [6, 6.07) is 9.87. The molecule has 0 aliphatic heterocycles. The Bertz CT molecular complexity index is 1330. The zero-order valence-corrected chi connectivity index (χ0v) is 17.0. The number of fused-ring (bicyclic) bond motifs is 1. The van der Waals surface area contributed by atoms with Gasteiger partial charge in [0, 0.05) is 26.7 Å². The number of sulfonamides is 1. The summed E-state index contributed by atoms with van der Waals surface area (Å²) in [5.74, 6) is 0.986. The van der Waals surface area contributed by atoms with E-state index in [0.29, 0.717) is 34.8 Å². The van der Waals surface area contributed by atoms with Crippen LogP contribution in [0.4, 0.5) is 0 Å². The van der Waals surface area contributed by atoms with E-state index in [0.717, 1.165) is 4.31 Å². The van der Waals surface area contributed by atoms with E-state index in [4.69, 9.17) is 8.94 Å². The van der Waals surface area contributed by atoms with Gasteiger partial charge in [-0.25, -0.2) is 17.5 Å². The summed E-state index contributed by atoms with van der Waals surface area (Å²) in [4.78, 5) is 13.1. The number of rotatable bonds is 6. The number of aromatic nitrogens is 3. The van der Waals surface area contributed by atoms with Gasteiger partial charge < -0.3 is 8.94 Å². The molecule has 0 bridgehead atoms. The second-order valence-corrected chi connectivity index (χ2v) is 8.86. The summed E-state index contributed by atoms with van der Waals surface area (Å²) in [5.41, 5.74) is 1.45. The van der Waals surface area contributed by atoms with Gasteiger partial charge in [-0.3, -0.25) is 9.13 Å². The SMILES string of the molecule is CCn1c(=O)n(Cc2cc(-c3ccco3)on2)c2cc(S(=O)(=O)N(C)C)ccc21. The van der Waals surface area contributed by atoms with Crippen LogP contribution in [0.25, 0.3) is 22.6 Å². The summed E-state index contributed by atoms with van der Waals surface area (Å²) in [6.45, 7) is 2.46. The average molecular weight is 416 g/mol. The van der Waals surface area contributed by atoms with E-state index >= 15 is 0 Å². The Morgan fingerprint density at radius 3 is 2.52 bits per heavy atom. The van der Waals surface area contributed by atoms with E-state index in [9.17, 15) is 13.2 Å². The fraction of sp³-hybridized carbons (Fsp3) is 0.263. The van der Waals surface area contributed by atoms with Crippen molar-refractivity contribution in [1.29, 1.82) is 0 Å². The predicted octanol–water partition coefficient (Wildman–Crippen LogP) is 2.37. The zero-order chi connectivity index (χ0) is 20.8. The summed E-state index contributed by atoms with van der Waals surface area (Å²) in [7, 11) is -0.696. The highest BCUT2D eigenvalue weighted by Crippen LogP contribution is 2.23. The van der Waals surface area contributed by atoms with Crippen molar-refractivity contribution in [3.05, 3.63) is 58.8 Å². The van der Waals surface area contributed by atoms with Crippen LogP contribution in [0.3, 0.4) is 0 Å². The van der Waals surface area contributed by atoms with Gasteiger partial charge in [-0.05, 0) is 37.3 Å². The highest BCUT2D eigenvalue weighted by molar-refractivity contribution is 7.89. The Kier molecular flexibility index (Phi) is 4.67. The number of hydrogen-bond acceptors (Lipinski definition) is 6. The minimum absolute atomic E-state index is 0.119. The first-order valence-corrected chi connectivity index (χ1v) is 10.4. The molecular weight excluding hydrogens is 396 g/mol. The van der Waals surface area contributed by atoms with E-state index in [1.54, 1.807) is 28.8 Å². The number of aryl methyl sites for hydroxylation is 1. The van der Waals surface area contributed by atoms with Crippen molar-refractivity contribution in [3.63, 3.8) is 0 Å². The number of imidazole rings is 1. The fourth-order valence-corrected chi connectivity index (χ4v) is 4.13. The Labute approximate surface area is 166 Å². The van der Waals surface area contributed by atoms with Crippen LogP contribution in [0.5, 0.6) is 0 Å². The Morgan fingerprint density at radius 1 is 1.07 bits per heavy atom. The maximum Gasteiger partial charge on any atom is 0.329 e. The van der Waals surface area contributed by atoms with E-state index in [1.807, 2.05) is 6.92 Å². The largest absolute Gasteiger partial charge is 0.461 e. The predicted molar refractivity (Wildman–Crippen MR) is 106 cm³/mol. The third kappa shape index (κ3) is 3.19. The number of hydrogen-bond donors (Lipinski definition) is 0. The molecule has 0 N–H and O–H groups in total. The molecule has 4 rings (SSSR count). The molecule has 3 heterocycles. The minimum atomic E-state index is -3.63. The lowest BCUT2D eigenvalue weighted by Crippen LogP contribution is -2.24. The van der Waals surface area contributed by atoms with Crippen LogP contribution >= 0.6 is 0 Å². The van der Waals surface area contributed by atoms with Gasteiger partial charge in [0.2, 0.25) is 15.8 Å². The Hall–Kier alpha value is -3.11. The number of benzene rings is 1. The van der Waals surface area contributed by atoms with Crippen LogP contribution < -0.4 is 5.69 Å². The van der Waals surface area contributed by atoms with Gasteiger partial charge in [-0.1, -0.05) is 5.16 Å². The van der Waals surface area contributed by atoms with Crippen molar-refractivity contribution in [2.75, 3.05) is 14.1 Å². The van der Waals surface area contributed by atoms with Gasteiger partial charge in [-0.2, -0.15) is 0 Å². The number of nitrogens with zero attached hydrogens (tertiary/aromatic N) is 4. The van der Waals surface area contributed by atoms with Crippen LogP contribution in [-0.2, 0) is 23.1 Å². The molecule has 10 heteroatoms. The third-order valence-electron chi connectivity index (χ3n) is 4.73. The Morgan fingerprint density at radius 2 is 1.86 bits per heavy atom. The van der Waals surface area contributed by atoms with E-state index in [2.05, 4.69) is 5.16 Å². The van der Waals surface area contributed by atoms with Crippen molar-refractivity contribution in [1.82, 2.24) is 18.6 Å². The normalized spacial score (nSPS) is 12.3. The maximum absolute atomic E-state index is 12.9. The molecule has 0 radical (unpaired) electrons. The Balaban J connectivity index is 1.83. The highest BCUT2D eigenvalue weighted by atomic mass is 32.2. The summed E-state index contributed by atoms with van der Waals surface area (Å²) in [6.07, 6.45) is 1.53. The lowest BCUT2D eigenvalue weighted by Gasteiger charge is -2.11. The van der Waals surface area contributed by atoms with Crippen molar-refractivity contribution < 1.29 is 17.4 Å². The molecule has 0 saturated heterocycles. The molecule has 29 heavy (non-hydrogen) atoms. The molecule has 0 aliphatic carbocycles. The first-order chi connectivity index (χ1) is 13.8. The van der Waals surface area contributed by atoms with Crippen molar-refractivity contribution in [2.24, 2.45) is 0 Å². The third-order valence-corrected chi connectivity index (χ3v) is 6.54. The minimum Gasteiger partial charge on any atom is -0.461 e. The van der Waals surface area contributed by atoms with Crippen LogP contribution in [0.15, 0.2) is 61.3 Å². The molecule has 0 saturated carbocycles. The smallest absolute Gasteiger partial charge is 0.329 e. The molecule has 0 aliphatic rings. The molecule has 3 aromatic heterocycles. The molecule has 1 aromatic carbocycles. The molecule has 152 valence electrons. The maximum atomic E-state index is 12.9. The first kappa shape index (κ1) is 19.2. The second kappa shape index (κ2) is 7.05. The van der Waals surface area contributed by atoms with E-state index < -0.39 is 10.0 Å². The molecule has 0 atom stereocenters. The first-order valence-electron chi connectivity index (χ1n) is 8.98. The summed E-state index contributed by atoms with van der Waals surface area (Å²) in [5, 5.41) is 4.02. The van der Waals surface area contributed by atoms with Gasteiger partial charge in [0.05, 0.1) is 28.7 Å². The molecule has 0 spiro atoms. The van der Waals surface area contributed by atoms with E-state index in [-0.39, 0.29) is 17.1 Å². The topological polar surface area (TPSA) is 103 Å². The standard InChI is InChI=1S/C19H20N4O5S/c1-4-22-15-8-7-14(29(25,26)21(2)3)11-16(15)23(19(22)24)12-13-10-18(28-20-13)17-6-5-9-27-17/h5-11H,4,12H2,1-3H3. The number of furan rings is 1. The lowest BCUT2D eigenvalue weighted by atomic mass is 10.3. The summed E-state index contributed by atoms with van der Waals surface area (Å²) < 4.78 is 39.9. The molecule has 4 aromatic rings. The van der Waals surface area contributed by atoms with Crippen LogP contribution in [-0.4, -0.2) is 41.1 Å². The molecule has 0 unspecified atom stereocenters. The molecular formula is C19H20N4O5S. The van der Waals surface area contributed by atoms with Crippen molar-refractivity contribution in [3.8, 4) is 11.5 Å². The highest BCUT2D eigenvalue weighted by Gasteiger charge is 2.21. The van der Waals surface area contributed by atoms with Gasteiger partial charge in [0.1, 0.15) is 5.69 Å². The van der Waals surface area contributed by atoms with Crippen LogP contribution in [0.2, 0.25) is 0 Å². The molecule has 0 amide bonds. The van der Waals surface area contributed by atoms with Gasteiger partial charge in [-0.15, -0.1) is 0 Å². The monoisotopic (exact) mass is 416 g/mol. The zero-order valence-electron chi connectivity index (χ0n) is 16.2. The lowest BCUT2D eigenvalue weighted by molar-refractivity contribution is 0.408. The van der Waals surface area contributed by atoms with Gasteiger partial charge in [0.25, 0.3) is 0 Å². The summed E-state index contributed by atoms with van der Waals surface area (Å²) >= 11 is 0.